The summed E-state index contributed by atoms with van der Waals surface area (Å²) >= 11 is 0. The van der Waals surface area contributed by atoms with Crippen LogP contribution >= 0.6 is 0 Å². The molecular weight excluding hydrogens is 266 g/mol. The second-order valence-electron chi connectivity index (χ2n) is 5.44. The van der Waals surface area contributed by atoms with Gasteiger partial charge in [-0.3, -0.25) is 0 Å². The molecule has 114 valence electrons. The smallest absolute Gasteiger partial charge is 0.410 e. The lowest BCUT2D eigenvalue weighted by molar-refractivity contribution is 0.0540. The van der Waals surface area contributed by atoms with Crippen LogP contribution in [0.1, 0.15) is 31.2 Å². The summed E-state index contributed by atoms with van der Waals surface area (Å²) in [7, 11) is 0. The van der Waals surface area contributed by atoms with Gasteiger partial charge in [0.15, 0.2) is 0 Å². The molecule has 0 spiro atoms. The van der Waals surface area contributed by atoms with Crippen molar-refractivity contribution in [3.63, 3.8) is 0 Å². The van der Waals surface area contributed by atoms with Gasteiger partial charge in [-0.25, -0.2) is 4.79 Å². The molecule has 0 aliphatic heterocycles. The van der Waals surface area contributed by atoms with Crippen molar-refractivity contribution < 1.29 is 14.6 Å². The van der Waals surface area contributed by atoms with Gasteiger partial charge in [0.05, 0.1) is 6.10 Å². The van der Waals surface area contributed by atoms with Gasteiger partial charge in [0.1, 0.15) is 6.61 Å². The van der Waals surface area contributed by atoms with E-state index in [9.17, 15) is 9.90 Å². The predicted molar refractivity (Wildman–Crippen MR) is 81.8 cm³/mol. The summed E-state index contributed by atoms with van der Waals surface area (Å²) in [6.07, 6.45) is 4.29. The first-order valence-electron chi connectivity index (χ1n) is 7.47. The normalized spacial score (nSPS) is 21.6. The van der Waals surface area contributed by atoms with E-state index in [-0.39, 0.29) is 24.8 Å². The van der Waals surface area contributed by atoms with Crippen molar-refractivity contribution in [2.75, 3.05) is 6.54 Å². The highest BCUT2D eigenvalue weighted by Gasteiger charge is 2.28. The van der Waals surface area contributed by atoms with E-state index < -0.39 is 0 Å². The number of ether oxygens (including phenoxy) is 1. The molecule has 4 nitrogen and oxygen atoms in total. The fraction of sp³-hybridized carbons (Fsp3) is 0.471. The quantitative estimate of drug-likeness (QED) is 0.847. The van der Waals surface area contributed by atoms with E-state index in [0.29, 0.717) is 6.54 Å². The number of hydrogen-bond donors (Lipinski definition) is 1. The number of aliphatic hydroxyl groups excluding tert-OH is 1. The minimum absolute atomic E-state index is 0.134. The number of carbonyl (C=O) groups is 1. The molecule has 0 saturated heterocycles. The number of nitrogens with zero attached hydrogens (tertiary/aromatic N) is 1. The lowest BCUT2D eigenvalue weighted by atomic mass is 9.92. The number of benzene rings is 1. The molecule has 1 aromatic carbocycles. The molecule has 1 aliphatic carbocycles. The first-order valence-corrected chi connectivity index (χ1v) is 7.47. The third kappa shape index (κ3) is 4.60. The van der Waals surface area contributed by atoms with Gasteiger partial charge in [-0.15, -0.1) is 6.58 Å². The van der Waals surface area contributed by atoms with Crippen LogP contribution in [0.5, 0.6) is 0 Å². The van der Waals surface area contributed by atoms with Crippen LogP contribution in [0.3, 0.4) is 0 Å². The second-order valence-corrected chi connectivity index (χ2v) is 5.44. The van der Waals surface area contributed by atoms with Crippen molar-refractivity contribution in [2.24, 2.45) is 0 Å². The second kappa shape index (κ2) is 7.84. The summed E-state index contributed by atoms with van der Waals surface area (Å²) in [5, 5.41) is 9.57. The third-order valence-electron chi connectivity index (χ3n) is 3.87. The van der Waals surface area contributed by atoms with Crippen molar-refractivity contribution in [3.8, 4) is 0 Å². The molecule has 1 amide bonds. The van der Waals surface area contributed by atoms with Crippen molar-refractivity contribution in [2.45, 2.75) is 44.4 Å². The molecule has 21 heavy (non-hydrogen) atoms. The van der Waals surface area contributed by atoms with E-state index in [4.69, 9.17) is 4.74 Å². The Morgan fingerprint density at radius 2 is 1.95 bits per heavy atom. The molecule has 0 unspecified atom stereocenters. The van der Waals surface area contributed by atoms with Crippen molar-refractivity contribution in [1.29, 1.82) is 0 Å². The number of amides is 1. The van der Waals surface area contributed by atoms with Gasteiger partial charge in [0, 0.05) is 12.6 Å². The van der Waals surface area contributed by atoms with Gasteiger partial charge in [0.25, 0.3) is 0 Å². The third-order valence-corrected chi connectivity index (χ3v) is 3.87. The molecule has 1 fully saturated rings. The first-order chi connectivity index (χ1) is 10.2. The predicted octanol–water partition coefficient (Wildman–Crippen LogP) is 3.11. The first kappa shape index (κ1) is 15.6. The highest BCUT2D eigenvalue weighted by Crippen LogP contribution is 2.23. The molecule has 1 aliphatic rings. The van der Waals surface area contributed by atoms with Crippen LogP contribution in [0.4, 0.5) is 4.79 Å². The van der Waals surface area contributed by atoms with E-state index in [1.807, 2.05) is 30.3 Å². The summed E-state index contributed by atoms with van der Waals surface area (Å²) in [6, 6.07) is 9.78. The van der Waals surface area contributed by atoms with Crippen LogP contribution in [0.2, 0.25) is 0 Å². The highest BCUT2D eigenvalue weighted by molar-refractivity contribution is 5.68. The molecule has 1 N–H and O–H groups in total. The Morgan fingerprint density at radius 3 is 2.57 bits per heavy atom. The minimum Gasteiger partial charge on any atom is -0.445 e. The Kier molecular flexibility index (Phi) is 5.81. The average molecular weight is 289 g/mol. The Morgan fingerprint density at radius 1 is 1.29 bits per heavy atom. The SMILES string of the molecule is C=CCN(C(=O)OCc1ccccc1)[C@H]1CC[C@H](O)CC1. The summed E-state index contributed by atoms with van der Waals surface area (Å²) in [5.74, 6) is 0. The van der Waals surface area contributed by atoms with E-state index in [1.54, 1.807) is 11.0 Å². The number of rotatable bonds is 5. The maximum absolute atomic E-state index is 12.3. The van der Waals surface area contributed by atoms with E-state index in [2.05, 4.69) is 6.58 Å². The number of hydrogen-bond acceptors (Lipinski definition) is 3. The fourth-order valence-corrected chi connectivity index (χ4v) is 2.68. The monoisotopic (exact) mass is 289 g/mol. The zero-order chi connectivity index (χ0) is 15.1. The number of carbonyl (C=O) groups excluding carboxylic acids is 1. The van der Waals surface area contributed by atoms with Gasteiger partial charge < -0.3 is 14.7 Å². The van der Waals surface area contributed by atoms with E-state index in [1.165, 1.54) is 0 Å². The topological polar surface area (TPSA) is 49.8 Å². The largest absolute Gasteiger partial charge is 0.445 e. The van der Waals surface area contributed by atoms with Crippen molar-refractivity contribution in [3.05, 3.63) is 48.6 Å². The Labute approximate surface area is 126 Å². The van der Waals surface area contributed by atoms with Crippen LogP contribution in [-0.2, 0) is 11.3 Å². The molecule has 0 radical (unpaired) electrons. The maximum Gasteiger partial charge on any atom is 0.410 e. The molecule has 0 heterocycles. The fourth-order valence-electron chi connectivity index (χ4n) is 2.68. The average Bonchev–Trinajstić information content (AvgIpc) is 2.52. The van der Waals surface area contributed by atoms with Crippen LogP contribution < -0.4 is 0 Å². The Bertz CT molecular complexity index is 452. The number of aliphatic hydroxyl groups is 1. The zero-order valence-electron chi connectivity index (χ0n) is 12.3. The summed E-state index contributed by atoms with van der Waals surface area (Å²) in [4.78, 5) is 14.0. The molecule has 0 atom stereocenters. The lowest BCUT2D eigenvalue weighted by Gasteiger charge is -2.34. The molecule has 1 aromatic rings. The molecule has 0 aromatic heterocycles. The van der Waals surface area contributed by atoms with Crippen LogP contribution in [0.15, 0.2) is 43.0 Å². The standard InChI is InChI=1S/C17H23NO3/c1-2-12-18(15-8-10-16(19)11-9-15)17(20)21-13-14-6-4-3-5-7-14/h2-7,15-16,19H,1,8-13H2/t15-,16-. The van der Waals surface area contributed by atoms with Crippen LogP contribution in [0.25, 0.3) is 0 Å². The van der Waals surface area contributed by atoms with Gasteiger partial charge in [-0.1, -0.05) is 36.4 Å². The highest BCUT2D eigenvalue weighted by atomic mass is 16.6. The maximum atomic E-state index is 12.3. The van der Waals surface area contributed by atoms with Crippen molar-refractivity contribution >= 4 is 6.09 Å². The zero-order valence-corrected chi connectivity index (χ0v) is 12.3. The van der Waals surface area contributed by atoms with E-state index in [0.717, 1.165) is 31.2 Å². The van der Waals surface area contributed by atoms with E-state index >= 15 is 0 Å². The molecule has 4 heteroatoms. The summed E-state index contributed by atoms with van der Waals surface area (Å²) < 4.78 is 5.40. The Balaban J connectivity index is 1.90. The molecular formula is C17H23NO3. The molecule has 2 rings (SSSR count). The Hall–Kier alpha value is -1.81. The molecule has 0 bridgehead atoms. The van der Waals surface area contributed by atoms with Gasteiger partial charge >= 0.3 is 6.09 Å². The lowest BCUT2D eigenvalue weighted by Crippen LogP contribution is -2.43. The van der Waals surface area contributed by atoms with Crippen LogP contribution in [0, 0.1) is 0 Å². The minimum atomic E-state index is -0.305. The summed E-state index contributed by atoms with van der Waals surface area (Å²) in [5.41, 5.74) is 0.975. The van der Waals surface area contributed by atoms with Gasteiger partial charge in [-0.2, -0.15) is 0 Å². The van der Waals surface area contributed by atoms with Gasteiger partial charge in [0.2, 0.25) is 0 Å². The van der Waals surface area contributed by atoms with Gasteiger partial charge in [-0.05, 0) is 31.2 Å². The van der Waals surface area contributed by atoms with Crippen LogP contribution in [-0.4, -0.2) is 34.8 Å². The summed E-state index contributed by atoms with van der Waals surface area (Å²) in [6.45, 7) is 4.47. The molecule has 1 saturated carbocycles. The van der Waals surface area contributed by atoms with Crippen molar-refractivity contribution in [1.82, 2.24) is 4.90 Å².